The molecule has 0 saturated carbocycles. The van der Waals surface area contributed by atoms with Crippen molar-refractivity contribution in [2.24, 2.45) is 11.7 Å². The van der Waals surface area contributed by atoms with E-state index >= 15 is 0 Å². The zero-order valence-electron chi connectivity index (χ0n) is 8.82. The molecule has 0 bridgehead atoms. The summed E-state index contributed by atoms with van der Waals surface area (Å²) in [5, 5.41) is 0. The number of hydrogen-bond donors (Lipinski definition) is 1. The van der Waals surface area contributed by atoms with Gasteiger partial charge in [0.2, 0.25) is 0 Å². The topological polar surface area (TPSA) is 26.0 Å². The summed E-state index contributed by atoms with van der Waals surface area (Å²) < 4.78 is 0. The van der Waals surface area contributed by atoms with E-state index in [1.807, 2.05) is 24.3 Å². The second-order valence-corrected chi connectivity index (χ2v) is 3.81. The van der Waals surface area contributed by atoms with Gasteiger partial charge < -0.3 is 5.73 Å². The second kappa shape index (κ2) is 5.61. The standard InChI is InChI=1S/C13H19N/c1-3-11(2)9-10-13(14)12-7-5-4-6-8-12/h3-8,11,13H,1,9-10,14H2,2H3. The summed E-state index contributed by atoms with van der Waals surface area (Å²) in [5.74, 6) is 0.560. The van der Waals surface area contributed by atoms with Crippen molar-refractivity contribution in [2.45, 2.75) is 25.8 Å². The van der Waals surface area contributed by atoms with Crippen molar-refractivity contribution in [3.8, 4) is 0 Å². The predicted octanol–water partition coefficient (Wildman–Crippen LogP) is 3.29. The van der Waals surface area contributed by atoms with Crippen molar-refractivity contribution in [2.75, 3.05) is 0 Å². The highest BCUT2D eigenvalue weighted by Gasteiger charge is 2.06. The molecule has 0 radical (unpaired) electrons. The molecule has 0 saturated heterocycles. The fourth-order valence-electron chi connectivity index (χ4n) is 1.43. The molecule has 0 aliphatic carbocycles. The van der Waals surface area contributed by atoms with Crippen LogP contribution in [0.15, 0.2) is 43.0 Å². The number of hydrogen-bond acceptors (Lipinski definition) is 1. The molecule has 2 unspecified atom stereocenters. The maximum atomic E-state index is 6.06. The summed E-state index contributed by atoms with van der Waals surface area (Å²) in [6, 6.07) is 10.4. The average Bonchev–Trinajstić information content (AvgIpc) is 2.26. The zero-order chi connectivity index (χ0) is 10.4. The van der Waals surface area contributed by atoms with Crippen molar-refractivity contribution in [1.82, 2.24) is 0 Å². The van der Waals surface area contributed by atoms with Crippen LogP contribution in [0.3, 0.4) is 0 Å². The minimum absolute atomic E-state index is 0.165. The maximum absolute atomic E-state index is 6.06. The fourth-order valence-corrected chi connectivity index (χ4v) is 1.43. The van der Waals surface area contributed by atoms with E-state index in [9.17, 15) is 0 Å². The quantitative estimate of drug-likeness (QED) is 0.707. The van der Waals surface area contributed by atoms with Gasteiger partial charge in [-0.3, -0.25) is 0 Å². The molecule has 1 heteroatoms. The Bertz CT molecular complexity index is 266. The monoisotopic (exact) mass is 189 g/mol. The van der Waals surface area contributed by atoms with Gasteiger partial charge in [-0.1, -0.05) is 43.3 Å². The molecule has 2 N–H and O–H groups in total. The molecule has 0 aromatic heterocycles. The number of benzene rings is 1. The third-order valence-corrected chi connectivity index (χ3v) is 2.56. The Kier molecular flexibility index (Phi) is 4.41. The van der Waals surface area contributed by atoms with Crippen LogP contribution < -0.4 is 5.73 Å². The molecule has 0 spiro atoms. The summed E-state index contributed by atoms with van der Waals surface area (Å²) in [5.41, 5.74) is 7.29. The summed E-state index contributed by atoms with van der Waals surface area (Å²) in [6.07, 6.45) is 4.12. The SMILES string of the molecule is C=CC(C)CCC(N)c1ccccc1. The first-order valence-corrected chi connectivity index (χ1v) is 5.17. The van der Waals surface area contributed by atoms with Gasteiger partial charge in [-0.2, -0.15) is 0 Å². The first-order valence-electron chi connectivity index (χ1n) is 5.17. The van der Waals surface area contributed by atoms with Crippen LogP contribution in [0.2, 0.25) is 0 Å². The van der Waals surface area contributed by atoms with Crippen molar-refractivity contribution >= 4 is 0 Å². The van der Waals surface area contributed by atoms with Crippen LogP contribution in [0.1, 0.15) is 31.4 Å². The molecule has 1 rings (SSSR count). The Labute approximate surface area is 86.6 Å². The minimum Gasteiger partial charge on any atom is -0.324 e. The molecule has 0 amide bonds. The molecule has 1 aromatic carbocycles. The van der Waals surface area contributed by atoms with Crippen LogP contribution in [0.4, 0.5) is 0 Å². The molecule has 14 heavy (non-hydrogen) atoms. The highest BCUT2D eigenvalue weighted by atomic mass is 14.6. The van der Waals surface area contributed by atoms with Gasteiger partial charge in [0.15, 0.2) is 0 Å². The van der Waals surface area contributed by atoms with Gasteiger partial charge >= 0.3 is 0 Å². The van der Waals surface area contributed by atoms with Crippen molar-refractivity contribution in [1.29, 1.82) is 0 Å². The van der Waals surface area contributed by atoms with Crippen molar-refractivity contribution in [3.63, 3.8) is 0 Å². The third kappa shape index (κ3) is 3.35. The van der Waals surface area contributed by atoms with Crippen molar-refractivity contribution in [3.05, 3.63) is 48.6 Å². The molecular formula is C13H19N. The van der Waals surface area contributed by atoms with Gasteiger partial charge in [0.25, 0.3) is 0 Å². The Morgan fingerprint density at radius 1 is 1.29 bits per heavy atom. The summed E-state index contributed by atoms with van der Waals surface area (Å²) >= 11 is 0. The van der Waals surface area contributed by atoms with Gasteiger partial charge in [-0.15, -0.1) is 6.58 Å². The van der Waals surface area contributed by atoms with Gasteiger partial charge in [0.1, 0.15) is 0 Å². The summed E-state index contributed by atoms with van der Waals surface area (Å²) in [7, 11) is 0. The molecule has 1 aromatic rings. The van der Waals surface area contributed by atoms with Gasteiger partial charge in [0, 0.05) is 6.04 Å². The van der Waals surface area contributed by atoms with E-state index in [2.05, 4.69) is 25.6 Å². The maximum Gasteiger partial charge on any atom is 0.0295 e. The molecule has 1 nitrogen and oxygen atoms in total. The van der Waals surface area contributed by atoms with Gasteiger partial charge in [-0.05, 0) is 24.3 Å². The Hall–Kier alpha value is -1.08. The zero-order valence-corrected chi connectivity index (χ0v) is 8.82. The third-order valence-electron chi connectivity index (χ3n) is 2.56. The number of nitrogens with two attached hydrogens (primary N) is 1. The van der Waals surface area contributed by atoms with E-state index in [4.69, 9.17) is 5.73 Å². The molecule has 0 aliphatic rings. The lowest BCUT2D eigenvalue weighted by Gasteiger charge is -2.13. The Morgan fingerprint density at radius 3 is 2.50 bits per heavy atom. The van der Waals surface area contributed by atoms with Crippen molar-refractivity contribution < 1.29 is 0 Å². The second-order valence-electron chi connectivity index (χ2n) is 3.81. The predicted molar refractivity (Wildman–Crippen MR) is 62.0 cm³/mol. The van der Waals surface area contributed by atoms with Crippen LogP contribution in [0.25, 0.3) is 0 Å². The summed E-state index contributed by atoms with van der Waals surface area (Å²) in [6.45, 7) is 5.94. The first-order chi connectivity index (χ1) is 6.74. The van der Waals surface area contributed by atoms with Crippen LogP contribution in [-0.4, -0.2) is 0 Å². The highest BCUT2D eigenvalue weighted by molar-refractivity contribution is 5.18. The minimum atomic E-state index is 0.165. The number of allylic oxidation sites excluding steroid dienone is 1. The van der Waals surface area contributed by atoms with E-state index in [-0.39, 0.29) is 6.04 Å². The average molecular weight is 189 g/mol. The lowest BCUT2D eigenvalue weighted by atomic mass is 9.97. The lowest BCUT2D eigenvalue weighted by Crippen LogP contribution is -2.11. The largest absolute Gasteiger partial charge is 0.324 e. The fraction of sp³-hybridized carbons (Fsp3) is 0.385. The Morgan fingerprint density at radius 2 is 1.93 bits per heavy atom. The van der Waals surface area contributed by atoms with Gasteiger partial charge in [-0.25, -0.2) is 0 Å². The molecule has 76 valence electrons. The van der Waals surface area contributed by atoms with E-state index in [0.717, 1.165) is 12.8 Å². The lowest BCUT2D eigenvalue weighted by molar-refractivity contribution is 0.541. The normalized spacial score (nSPS) is 14.7. The van der Waals surface area contributed by atoms with Crippen LogP contribution in [0.5, 0.6) is 0 Å². The Balaban J connectivity index is 2.43. The smallest absolute Gasteiger partial charge is 0.0295 e. The number of rotatable bonds is 5. The molecule has 0 heterocycles. The van der Waals surface area contributed by atoms with Crippen LogP contribution >= 0.6 is 0 Å². The summed E-state index contributed by atoms with van der Waals surface area (Å²) in [4.78, 5) is 0. The van der Waals surface area contributed by atoms with Crippen LogP contribution in [0, 0.1) is 5.92 Å². The molecule has 0 fully saturated rings. The molecule has 0 aliphatic heterocycles. The first kappa shape index (κ1) is 11.0. The molecular weight excluding hydrogens is 170 g/mol. The van der Waals surface area contributed by atoms with E-state index in [0.29, 0.717) is 5.92 Å². The van der Waals surface area contributed by atoms with Gasteiger partial charge in [0.05, 0.1) is 0 Å². The highest BCUT2D eigenvalue weighted by Crippen LogP contribution is 2.18. The van der Waals surface area contributed by atoms with E-state index in [1.165, 1.54) is 5.56 Å². The van der Waals surface area contributed by atoms with E-state index in [1.54, 1.807) is 0 Å². The van der Waals surface area contributed by atoms with E-state index < -0.39 is 0 Å². The van der Waals surface area contributed by atoms with Crippen LogP contribution in [-0.2, 0) is 0 Å². The molecule has 2 atom stereocenters.